The summed E-state index contributed by atoms with van der Waals surface area (Å²) < 4.78 is 35.3. The van der Waals surface area contributed by atoms with Crippen LogP contribution in [0.2, 0.25) is 0 Å². The van der Waals surface area contributed by atoms with Crippen molar-refractivity contribution in [2.45, 2.75) is 19.3 Å². The molecule has 0 saturated carbocycles. The first-order valence-corrected chi connectivity index (χ1v) is 6.14. The second-order valence-electron chi connectivity index (χ2n) is 4.41. The Bertz CT molecular complexity index is 401. The molecule has 1 saturated heterocycles. The van der Waals surface area contributed by atoms with Crippen LogP contribution >= 0.6 is 0 Å². The molecule has 19 heavy (non-hydrogen) atoms. The number of hydrogen-bond acceptors (Lipinski definition) is 5. The maximum Gasteiger partial charge on any atom is 0.241 e. The summed E-state index contributed by atoms with van der Waals surface area (Å²) in [5.41, 5.74) is 0. The van der Waals surface area contributed by atoms with Gasteiger partial charge in [-0.3, -0.25) is 0 Å². The van der Waals surface area contributed by atoms with Gasteiger partial charge in [-0.15, -0.1) is 0 Å². The van der Waals surface area contributed by atoms with Crippen LogP contribution in [-0.4, -0.2) is 43.7 Å². The molecular weight excluding hydrogens is 256 g/mol. The van der Waals surface area contributed by atoms with Crippen LogP contribution in [0.4, 0.5) is 14.7 Å². The lowest BCUT2D eigenvalue weighted by Gasteiger charge is -2.31. The maximum atomic E-state index is 12.6. The normalized spacial score (nSPS) is 16.8. The standard InChI is InChI=1S/C12H17F2N3O2/c1-18-9-7-10(19-2)16-12(15-9)17-5-3-8(4-6-17)11(13)14/h7-8,11H,3-6H2,1-2H3. The summed E-state index contributed by atoms with van der Waals surface area (Å²) >= 11 is 0. The zero-order chi connectivity index (χ0) is 13.8. The van der Waals surface area contributed by atoms with E-state index in [4.69, 9.17) is 9.47 Å². The van der Waals surface area contributed by atoms with Gasteiger partial charge in [0.2, 0.25) is 24.1 Å². The number of ether oxygens (including phenoxy) is 2. The lowest BCUT2D eigenvalue weighted by molar-refractivity contribution is 0.0634. The molecule has 7 heteroatoms. The smallest absolute Gasteiger partial charge is 0.241 e. The Labute approximate surface area is 110 Å². The number of hydrogen-bond donors (Lipinski definition) is 0. The highest BCUT2D eigenvalue weighted by Gasteiger charge is 2.27. The minimum Gasteiger partial charge on any atom is -0.481 e. The average Bonchev–Trinajstić information content (AvgIpc) is 2.46. The number of alkyl halides is 2. The molecule has 0 spiro atoms. The molecule has 1 fully saturated rings. The number of halogens is 2. The van der Waals surface area contributed by atoms with Crippen LogP contribution in [0.25, 0.3) is 0 Å². The molecule has 2 heterocycles. The van der Waals surface area contributed by atoms with Crippen molar-refractivity contribution in [2.75, 3.05) is 32.2 Å². The zero-order valence-corrected chi connectivity index (χ0v) is 11.0. The molecule has 2 rings (SSSR count). The molecular formula is C12H17F2N3O2. The fourth-order valence-corrected chi connectivity index (χ4v) is 2.09. The predicted molar refractivity (Wildman–Crippen MR) is 66.1 cm³/mol. The third-order valence-electron chi connectivity index (χ3n) is 3.26. The molecule has 0 aliphatic carbocycles. The van der Waals surface area contributed by atoms with Gasteiger partial charge in [-0.2, -0.15) is 9.97 Å². The summed E-state index contributed by atoms with van der Waals surface area (Å²) in [6, 6.07) is 1.58. The Balaban J connectivity index is 2.10. The van der Waals surface area contributed by atoms with Gasteiger partial charge in [-0.25, -0.2) is 8.78 Å². The SMILES string of the molecule is COc1cc(OC)nc(N2CCC(C(F)F)CC2)n1. The number of methoxy groups -OCH3 is 2. The molecule has 1 aliphatic rings. The number of anilines is 1. The van der Waals surface area contributed by atoms with E-state index < -0.39 is 12.3 Å². The van der Waals surface area contributed by atoms with Crippen molar-refractivity contribution in [2.24, 2.45) is 5.92 Å². The molecule has 106 valence electrons. The van der Waals surface area contributed by atoms with Crippen molar-refractivity contribution in [3.63, 3.8) is 0 Å². The fraction of sp³-hybridized carbons (Fsp3) is 0.667. The molecule has 0 unspecified atom stereocenters. The van der Waals surface area contributed by atoms with Gasteiger partial charge in [0.1, 0.15) is 0 Å². The van der Waals surface area contributed by atoms with Crippen LogP contribution in [-0.2, 0) is 0 Å². The Morgan fingerprint density at radius 3 is 2.11 bits per heavy atom. The molecule has 0 bridgehead atoms. The molecule has 0 N–H and O–H groups in total. The van der Waals surface area contributed by atoms with Gasteiger partial charge in [-0.1, -0.05) is 0 Å². The summed E-state index contributed by atoms with van der Waals surface area (Å²) in [6.45, 7) is 1.04. The van der Waals surface area contributed by atoms with E-state index in [-0.39, 0.29) is 0 Å². The van der Waals surface area contributed by atoms with Gasteiger partial charge >= 0.3 is 0 Å². The number of rotatable bonds is 4. The van der Waals surface area contributed by atoms with Gasteiger partial charge in [0, 0.05) is 19.0 Å². The van der Waals surface area contributed by atoms with E-state index in [9.17, 15) is 8.78 Å². The van der Waals surface area contributed by atoms with E-state index in [2.05, 4.69) is 9.97 Å². The summed E-state index contributed by atoms with van der Waals surface area (Å²) in [5, 5.41) is 0. The maximum absolute atomic E-state index is 12.6. The van der Waals surface area contributed by atoms with E-state index in [1.165, 1.54) is 14.2 Å². The summed E-state index contributed by atoms with van der Waals surface area (Å²) in [7, 11) is 3.02. The van der Waals surface area contributed by atoms with Crippen LogP contribution in [0.3, 0.4) is 0 Å². The molecule has 0 radical (unpaired) electrons. The Kier molecular flexibility index (Phi) is 4.34. The van der Waals surface area contributed by atoms with Crippen LogP contribution in [0, 0.1) is 5.92 Å². The van der Waals surface area contributed by atoms with Crippen molar-refractivity contribution in [3.05, 3.63) is 6.07 Å². The van der Waals surface area contributed by atoms with Crippen molar-refractivity contribution in [1.82, 2.24) is 9.97 Å². The largest absolute Gasteiger partial charge is 0.481 e. The third kappa shape index (κ3) is 3.21. The van der Waals surface area contributed by atoms with E-state index in [1.54, 1.807) is 6.07 Å². The van der Waals surface area contributed by atoms with Crippen molar-refractivity contribution >= 4 is 5.95 Å². The van der Waals surface area contributed by atoms with Gasteiger partial charge in [0.05, 0.1) is 20.3 Å². The topological polar surface area (TPSA) is 47.5 Å². The van der Waals surface area contributed by atoms with E-state index >= 15 is 0 Å². The van der Waals surface area contributed by atoms with Gasteiger partial charge < -0.3 is 14.4 Å². The summed E-state index contributed by atoms with van der Waals surface area (Å²) in [4.78, 5) is 10.3. The molecule has 5 nitrogen and oxygen atoms in total. The average molecular weight is 273 g/mol. The first-order chi connectivity index (χ1) is 9.13. The third-order valence-corrected chi connectivity index (χ3v) is 3.26. The first kappa shape index (κ1) is 13.8. The van der Waals surface area contributed by atoms with Crippen LogP contribution in [0.1, 0.15) is 12.8 Å². The molecule has 0 amide bonds. The molecule has 0 aromatic carbocycles. The summed E-state index contributed by atoms with van der Waals surface area (Å²) in [5.74, 6) is 0.739. The number of nitrogens with zero attached hydrogens (tertiary/aromatic N) is 3. The predicted octanol–water partition coefficient (Wildman–Crippen LogP) is 1.98. The van der Waals surface area contributed by atoms with Crippen LogP contribution in [0.5, 0.6) is 11.8 Å². The van der Waals surface area contributed by atoms with Crippen molar-refractivity contribution < 1.29 is 18.3 Å². The Hall–Kier alpha value is -1.66. The molecule has 1 aromatic heterocycles. The minimum absolute atomic E-state index is 0.401. The van der Waals surface area contributed by atoms with Crippen LogP contribution in [0.15, 0.2) is 6.07 Å². The number of aromatic nitrogens is 2. The lowest BCUT2D eigenvalue weighted by atomic mass is 9.98. The van der Waals surface area contributed by atoms with Crippen LogP contribution < -0.4 is 14.4 Å². The van der Waals surface area contributed by atoms with Gasteiger partial charge in [-0.05, 0) is 12.8 Å². The number of piperidine rings is 1. The zero-order valence-electron chi connectivity index (χ0n) is 11.0. The first-order valence-electron chi connectivity index (χ1n) is 6.14. The van der Waals surface area contributed by atoms with E-state index in [0.717, 1.165) is 0 Å². The molecule has 1 aliphatic heterocycles. The highest BCUT2D eigenvalue weighted by molar-refractivity contribution is 5.37. The minimum atomic E-state index is -2.25. The second-order valence-corrected chi connectivity index (χ2v) is 4.41. The highest BCUT2D eigenvalue weighted by atomic mass is 19.3. The molecule has 1 aromatic rings. The highest BCUT2D eigenvalue weighted by Crippen LogP contribution is 2.27. The second kappa shape index (κ2) is 5.99. The van der Waals surface area contributed by atoms with Gasteiger partial charge in [0.15, 0.2) is 0 Å². The molecule has 0 atom stereocenters. The fourth-order valence-electron chi connectivity index (χ4n) is 2.09. The quantitative estimate of drug-likeness (QED) is 0.839. The monoisotopic (exact) mass is 273 g/mol. The Morgan fingerprint density at radius 2 is 1.68 bits per heavy atom. The van der Waals surface area contributed by atoms with Crippen molar-refractivity contribution in [3.8, 4) is 11.8 Å². The van der Waals surface area contributed by atoms with E-state index in [0.29, 0.717) is 43.6 Å². The van der Waals surface area contributed by atoms with Gasteiger partial charge in [0.25, 0.3) is 0 Å². The Morgan fingerprint density at radius 1 is 1.16 bits per heavy atom. The lowest BCUT2D eigenvalue weighted by Crippen LogP contribution is -2.37. The van der Waals surface area contributed by atoms with Crippen molar-refractivity contribution in [1.29, 1.82) is 0 Å². The van der Waals surface area contributed by atoms with E-state index in [1.807, 2.05) is 4.90 Å². The summed E-state index contributed by atoms with van der Waals surface area (Å²) in [6.07, 6.45) is -1.36.